The number of fused-ring (bicyclic) bond motifs is 5. The fourth-order valence-electron chi connectivity index (χ4n) is 4.73. The first-order valence-electron chi connectivity index (χ1n) is 9.97. The molecule has 0 radical (unpaired) electrons. The first kappa shape index (κ1) is 18.1. The summed E-state index contributed by atoms with van der Waals surface area (Å²) in [5.74, 6) is 2.20. The smallest absolute Gasteiger partial charge is 0.165 e. The number of para-hydroxylation sites is 2. The number of ether oxygens (including phenoxy) is 1. The van der Waals surface area contributed by atoms with Crippen molar-refractivity contribution in [3.05, 3.63) is 88.2 Å². The summed E-state index contributed by atoms with van der Waals surface area (Å²) in [6.45, 7) is 0. The molecular weight excluding hydrogens is 450 g/mol. The maximum absolute atomic E-state index is 14.1. The highest BCUT2D eigenvalue weighted by Crippen LogP contribution is 2.61. The molecule has 1 saturated carbocycles. The van der Waals surface area contributed by atoms with Crippen LogP contribution < -0.4 is 4.74 Å². The van der Waals surface area contributed by atoms with Gasteiger partial charge in [-0.3, -0.25) is 0 Å². The molecule has 2 heterocycles. The first-order chi connectivity index (χ1) is 14.6. The average molecular weight is 467 g/mol. The van der Waals surface area contributed by atoms with E-state index in [9.17, 15) is 8.78 Å². The van der Waals surface area contributed by atoms with Crippen molar-refractivity contribution in [2.45, 2.75) is 24.8 Å². The Morgan fingerprint density at radius 3 is 2.60 bits per heavy atom. The zero-order chi connectivity index (χ0) is 20.4. The Hall–Kier alpha value is -2.73. The summed E-state index contributed by atoms with van der Waals surface area (Å²) < 4.78 is 36.8. The summed E-state index contributed by atoms with van der Waals surface area (Å²) in [6.07, 6.45) is 1.85. The van der Waals surface area contributed by atoms with Crippen molar-refractivity contribution in [1.29, 1.82) is 0 Å². The van der Waals surface area contributed by atoms with Crippen molar-refractivity contribution in [3.8, 4) is 11.5 Å². The lowest BCUT2D eigenvalue weighted by Gasteiger charge is -2.19. The van der Waals surface area contributed by atoms with Gasteiger partial charge >= 0.3 is 0 Å². The standard InChI is InChI=1S/C24H17BrF2N2O/c25-16-11-21-19(12-18(16)27)28-24-15-10-14(15)20(29(21)24)9-13-5-1-3-7-22(13)30-23-8-4-2-6-17(23)26/h1-8,11-12,14-15,20H,9-10H2/t14-,15+,20?/m1/s1. The van der Waals surface area contributed by atoms with E-state index in [0.29, 0.717) is 27.6 Å². The highest BCUT2D eigenvalue weighted by Gasteiger charge is 2.54. The number of benzene rings is 3. The van der Waals surface area contributed by atoms with Gasteiger partial charge in [-0.2, -0.15) is 0 Å². The lowest BCUT2D eigenvalue weighted by molar-refractivity contribution is 0.426. The largest absolute Gasteiger partial charge is 0.454 e. The second-order valence-electron chi connectivity index (χ2n) is 8.01. The van der Waals surface area contributed by atoms with E-state index >= 15 is 0 Å². The molecular formula is C24H17BrF2N2O. The van der Waals surface area contributed by atoms with E-state index < -0.39 is 0 Å². The van der Waals surface area contributed by atoms with Crippen molar-refractivity contribution in [1.82, 2.24) is 9.55 Å². The molecule has 1 aliphatic carbocycles. The summed E-state index contributed by atoms with van der Waals surface area (Å²) >= 11 is 3.31. The van der Waals surface area contributed by atoms with Gasteiger partial charge in [0.05, 0.1) is 15.5 Å². The Morgan fingerprint density at radius 2 is 1.77 bits per heavy atom. The Labute approximate surface area is 180 Å². The molecule has 0 saturated heterocycles. The molecule has 0 spiro atoms. The summed E-state index contributed by atoms with van der Waals surface area (Å²) in [4.78, 5) is 4.73. The molecule has 0 amide bonds. The number of rotatable bonds is 4. The molecule has 3 atom stereocenters. The molecule has 30 heavy (non-hydrogen) atoms. The molecule has 2 aliphatic rings. The molecule has 1 fully saturated rings. The predicted octanol–water partition coefficient (Wildman–Crippen LogP) is 6.77. The van der Waals surface area contributed by atoms with Crippen LogP contribution in [0.2, 0.25) is 0 Å². The van der Waals surface area contributed by atoms with Crippen molar-refractivity contribution in [2.75, 3.05) is 0 Å². The van der Waals surface area contributed by atoms with Crippen molar-refractivity contribution in [2.24, 2.45) is 5.92 Å². The molecule has 0 bridgehead atoms. The fraction of sp³-hybridized carbons (Fsp3) is 0.208. The van der Waals surface area contributed by atoms with Crippen LogP contribution in [0.15, 0.2) is 65.1 Å². The quantitative estimate of drug-likeness (QED) is 0.331. The summed E-state index contributed by atoms with van der Waals surface area (Å²) in [6, 6.07) is 17.7. The SMILES string of the molecule is Fc1cc2nc3n(c2cc1Br)C(Cc1ccccc1Oc1ccccc1F)[C@@H]1C[C@H]31. The van der Waals surface area contributed by atoms with Gasteiger partial charge < -0.3 is 9.30 Å². The Morgan fingerprint density at radius 1 is 1.00 bits per heavy atom. The Bertz CT molecular complexity index is 1300. The molecule has 150 valence electrons. The average Bonchev–Trinajstić information content (AvgIpc) is 3.37. The second-order valence-corrected chi connectivity index (χ2v) is 8.87. The van der Waals surface area contributed by atoms with Gasteiger partial charge in [0.1, 0.15) is 17.4 Å². The third-order valence-corrected chi connectivity index (χ3v) is 6.82. The minimum atomic E-state index is -0.384. The molecule has 1 aromatic heterocycles. The number of aromatic nitrogens is 2. The number of imidazole rings is 1. The molecule has 1 unspecified atom stereocenters. The molecule has 0 N–H and O–H groups in total. The van der Waals surface area contributed by atoms with Crippen LogP contribution in [-0.2, 0) is 6.42 Å². The predicted molar refractivity (Wildman–Crippen MR) is 114 cm³/mol. The van der Waals surface area contributed by atoms with Crippen LogP contribution in [0.3, 0.4) is 0 Å². The van der Waals surface area contributed by atoms with Gasteiger partial charge in [-0.1, -0.05) is 30.3 Å². The number of halogens is 3. The van der Waals surface area contributed by atoms with Crippen LogP contribution in [0.5, 0.6) is 11.5 Å². The van der Waals surface area contributed by atoms with Gasteiger partial charge in [-0.05, 0) is 64.5 Å². The number of nitrogens with zero attached hydrogens (tertiary/aromatic N) is 2. The van der Waals surface area contributed by atoms with E-state index in [1.165, 1.54) is 12.1 Å². The van der Waals surface area contributed by atoms with E-state index in [-0.39, 0.29) is 23.4 Å². The van der Waals surface area contributed by atoms with Gasteiger partial charge in [-0.15, -0.1) is 0 Å². The highest BCUT2D eigenvalue weighted by molar-refractivity contribution is 9.10. The monoisotopic (exact) mass is 466 g/mol. The molecule has 3 nitrogen and oxygen atoms in total. The van der Waals surface area contributed by atoms with Crippen molar-refractivity contribution in [3.63, 3.8) is 0 Å². The van der Waals surface area contributed by atoms with Crippen molar-refractivity contribution >= 4 is 27.0 Å². The lowest BCUT2D eigenvalue weighted by atomic mass is 10.0. The lowest BCUT2D eigenvalue weighted by Crippen LogP contribution is -2.12. The van der Waals surface area contributed by atoms with E-state index in [4.69, 9.17) is 9.72 Å². The van der Waals surface area contributed by atoms with E-state index in [1.54, 1.807) is 18.2 Å². The van der Waals surface area contributed by atoms with Crippen LogP contribution in [0.1, 0.15) is 29.8 Å². The number of hydrogen-bond acceptors (Lipinski definition) is 2. The summed E-state index contributed by atoms with van der Waals surface area (Å²) in [7, 11) is 0. The fourth-order valence-corrected chi connectivity index (χ4v) is 5.06. The summed E-state index contributed by atoms with van der Waals surface area (Å²) in [5.41, 5.74) is 2.66. The minimum Gasteiger partial charge on any atom is -0.454 e. The van der Waals surface area contributed by atoms with Crippen LogP contribution in [0, 0.1) is 17.6 Å². The maximum atomic E-state index is 14.1. The molecule has 1 aliphatic heterocycles. The maximum Gasteiger partial charge on any atom is 0.165 e. The van der Waals surface area contributed by atoms with Gasteiger partial charge in [-0.25, -0.2) is 13.8 Å². The normalized spacial score (nSPS) is 21.5. The highest BCUT2D eigenvalue weighted by atomic mass is 79.9. The van der Waals surface area contributed by atoms with E-state index in [2.05, 4.69) is 20.5 Å². The third-order valence-electron chi connectivity index (χ3n) is 6.21. The molecule has 3 aromatic carbocycles. The van der Waals surface area contributed by atoms with E-state index in [1.807, 2.05) is 30.3 Å². The third kappa shape index (κ3) is 2.77. The number of hydrogen-bond donors (Lipinski definition) is 0. The molecule has 4 aromatic rings. The Balaban J connectivity index is 1.38. The van der Waals surface area contributed by atoms with Crippen LogP contribution >= 0.6 is 15.9 Å². The topological polar surface area (TPSA) is 27.1 Å². The van der Waals surface area contributed by atoms with Gasteiger partial charge in [0, 0.05) is 18.0 Å². The molecule has 6 rings (SSSR count). The van der Waals surface area contributed by atoms with Crippen LogP contribution in [0.25, 0.3) is 11.0 Å². The van der Waals surface area contributed by atoms with Gasteiger partial charge in [0.15, 0.2) is 11.6 Å². The minimum absolute atomic E-state index is 0.217. The van der Waals surface area contributed by atoms with Crippen LogP contribution in [0.4, 0.5) is 8.78 Å². The zero-order valence-electron chi connectivity index (χ0n) is 15.9. The molecule has 6 heteroatoms. The van der Waals surface area contributed by atoms with E-state index in [0.717, 1.165) is 29.7 Å². The van der Waals surface area contributed by atoms with Gasteiger partial charge in [0.25, 0.3) is 0 Å². The Kier molecular flexibility index (Phi) is 4.00. The summed E-state index contributed by atoms with van der Waals surface area (Å²) in [5, 5.41) is 0. The second kappa shape index (κ2) is 6.64. The zero-order valence-corrected chi connectivity index (χ0v) is 17.4. The van der Waals surface area contributed by atoms with Gasteiger partial charge in [0.2, 0.25) is 0 Å². The van der Waals surface area contributed by atoms with Crippen molar-refractivity contribution < 1.29 is 13.5 Å². The first-order valence-corrected chi connectivity index (χ1v) is 10.8. The van der Waals surface area contributed by atoms with Crippen LogP contribution in [-0.4, -0.2) is 9.55 Å².